The molecule has 1 heterocycles. The molecule has 0 aliphatic rings. The Morgan fingerprint density at radius 3 is 2.56 bits per heavy atom. The highest BCUT2D eigenvalue weighted by Crippen LogP contribution is 2.36. The maximum atomic E-state index is 13.7. The summed E-state index contributed by atoms with van der Waals surface area (Å²) in [7, 11) is 0. The summed E-state index contributed by atoms with van der Waals surface area (Å²) in [4.78, 5) is 0.635. The van der Waals surface area contributed by atoms with E-state index in [-0.39, 0.29) is 9.30 Å². The molecule has 0 saturated heterocycles. The van der Waals surface area contributed by atoms with Gasteiger partial charge in [0, 0.05) is 10.4 Å². The third-order valence-electron chi connectivity index (χ3n) is 2.11. The van der Waals surface area contributed by atoms with Crippen molar-refractivity contribution in [3.8, 4) is 0 Å². The number of alkyl halides is 1. The van der Waals surface area contributed by atoms with Gasteiger partial charge in [0.05, 0.1) is 9.30 Å². The predicted molar refractivity (Wildman–Crippen MR) is 69.1 cm³/mol. The lowest BCUT2D eigenvalue weighted by atomic mass is 10.1. The topological polar surface area (TPSA) is 0 Å². The zero-order chi connectivity index (χ0) is 11.7. The minimum atomic E-state index is -0.461. The molecule has 1 aromatic heterocycles. The van der Waals surface area contributed by atoms with Crippen LogP contribution in [0.5, 0.6) is 0 Å². The Bertz CT molecular complexity index is 497. The molecule has 0 bridgehead atoms. The number of hydrogen-bond acceptors (Lipinski definition) is 1. The maximum Gasteiger partial charge on any atom is 0.137 e. The first-order chi connectivity index (χ1) is 7.59. The summed E-state index contributed by atoms with van der Waals surface area (Å²) in [5.74, 6) is -0.888. The first-order valence-electron chi connectivity index (χ1n) is 4.41. The van der Waals surface area contributed by atoms with Gasteiger partial charge in [0.1, 0.15) is 11.6 Å². The molecule has 0 amide bonds. The Morgan fingerprint density at radius 1 is 1.19 bits per heavy atom. The van der Waals surface area contributed by atoms with Crippen LogP contribution in [0.15, 0.2) is 34.1 Å². The molecule has 5 heteroatoms. The average molecular weight is 368 g/mol. The van der Waals surface area contributed by atoms with Gasteiger partial charge in [-0.1, -0.05) is 22.0 Å². The third-order valence-corrected chi connectivity index (χ3v) is 4.94. The molecule has 1 unspecified atom stereocenters. The van der Waals surface area contributed by atoms with Crippen LogP contribution in [-0.2, 0) is 0 Å². The average Bonchev–Trinajstić information content (AvgIpc) is 2.75. The van der Waals surface area contributed by atoms with Crippen LogP contribution in [0, 0.1) is 11.6 Å². The van der Waals surface area contributed by atoms with Gasteiger partial charge in [-0.25, -0.2) is 8.78 Å². The van der Waals surface area contributed by atoms with Gasteiger partial charge >= 0.3 is 0 Å². The van der Waals surface area contributed by atoms with Crippen molar-refractivity contribution in [1.29, 1.82) is 0 Å². The minimum Gasteiger partial charge on any atom is -0.207 e. The molecular weight excluding hydrogens is 362 g/mol. The van der Waals surface area contributed by atoms with Gasteiger partial charge in [-0.2, -0.15) is 0 Å². The third kappa shape index (κ3) is 2.36. The molecule has 84 valence electrons. The lowest BCUT2D eigenvalue weighted by Gasteiger charge is -2.10. The fourth-order valence-electron chi connectivity index (χ4n) is 1.32. The van der Waals surface area contributed by atoms with Crippen molar-refractivity contribution in [3.05, 3.63) is 56.2 Å². The predicted octanol–water partition coefficient (Wildman–Crippen LogP) is 5.27. The van der Waals surface area contributed by atoms with Gasteiger partial charge in [-0.3, -0.25) is 0 Å². The monoisotopic (exact) mass is 366 g/mol. The van der Waals surface area contributed by atoms with E-state index in [9.17, 15) is 8.78 Å². The van der Waals surface area contributed by atoms with Crippen LogP contribution in [0.4, 0.5) is 8.78 Å². The maximum absolute atomic E-state index is 13.7. The highest BCUT2D eigenvalue weighted by Gasteiger charge is 2.18. The van der Waals surface area contributed by atoms with E-state index in [1.807, 2.05) is 17.5 Å². The van der Waals surface area contributed by atoms with E-state index in [1.165, 1.54) is 17.4 Å². The summed E-state index contributed by atoms with van der Waals surface area (Å²) in [5.41, 5.74) is 0.308. The largest absolute Gasteiger partial charge is 0.207 e. The Labute approximate surface area is 113 Å². The molecule has 1 aromatic carbocycles. The van der Waals surface area contributed by atoms with Crippen LogP contribution in [0.2, 0.25) is 0 Å². The molecule has 1 atom stereocenters. The fraction of sp³-hybridized carbons (Fsp3) is 0.0909. The molecular formula is C11H6Br2F2S. The van der Waals surface area contributed by atoms with Gasteiger partial charge in [-0.05, 0) is 39.5 Å². The standard InChI is InChI=1S/C11H6Br2F2S/c12-7-5-8(14)6(4-9(7)15)11(13)10-2-1-3-16-10/h1-5,11H. The molecule has 0 saturated carbocycles. The van der Waals surface area contributed by atoms with Crippen molar-refractivity contribution >= 4 is 43.2 Å². The normalized spacial score (nSPS) is 12.8. The number of halogens is 4. The summed E-state index contributed by atoms with van der Waals surface area (Å²) in [6, 6.07) is 6.11. The van der Waals surface area contributed by atoms with E-state index in [0.717, 1.165) is 10.9 Å². The smallest absolute Gasteiger partial charge is 0.137 e. The van der Waals surface area contributed by atoms with Gasteiger partial charge < -0.3 is 0 Å². The minimum absolute atomic E-state index is 0.139. The Balaban J connectivity index is 2.44. The van der Waals surface area contributed by atoms with Crippen molar-refractivity contribution in [2.75, 3.05) is 0 Å². The highest BCUT2D eigenvalue weighted by atomic mass is 79.9. The van der Waals surface area contributed by atoms with Crippen molar-refractivity contribution in [1.82, 2.24) is 0 Å². The Hall–Kier alpha value is -0.260. The molecule has 0 aliphatic carbocycles. The number of hydrogen-bond donors (Lipinski definition) is 0. The van der Waals surface area contributed by atoms with E-state index in [4.69, 9.17) is 0 Å². The van der Waals surface area contributed by atoms with Crippen LogP contribution in [0.1, 0.15) is 15.3 Å². The second kappa shape index (κ2) is 4.94. The molecule has 0 fully saturated rings. The molecule has 0 radical (unpaired) electrons. The first kappa shape index (κ1) is 12.2. The number of thiophene rings is 1. The summed E-state index contributed by atoms with van der Waals surface area (Å²) in [5, 5.41) is 1.90. The summed E-state index contributed by atoms with van der Waals surface area (Å²) < 4.78 is 27.1. The molecule has 0 aliphatic heterocycles. The van der Waals surface area contributed by atoms with E-state index in [0.29, 0.717) is 5.56 Å². The second-order valence-corrected chi connectivity index (χ2v) is 5.92. The number of benzene rings is 1. The van der Waals surface area contributed by atoms with Crippen molar-refractivity contribution in [2.24, 2.45) is 0 Å². The Morgan fingerprint density at radius 2 is 1.94 bits per heavy atom. The summed E-state index contributed by atoms with van der Waals surface area (Å²) >= 11 is 7.82. The van der Waals surface area contributed by atoms with E-state index < -0.39 is 11.6 Å². The van der Waals surface area contributed by atoms with Crippen molar-refractivity contribution in [2.45, 2.75) is 4.83 Å². The van der Waals surface area contributed by atoms with E-state index in [1.54, 1.807) is 0 Å². The quantitative estimate of drug-likeness (QED) is 0.500. The first-order valence-corrected chi connectivity index (χ1v) is 7.00. The van der Waals surface area contributed by atoms with Crippen molar-refractivity contribution in [3.63, 3.8) is 0 Å². The fourth-order valence-corrected chi connectivity index (χ4v) is 3.18. The molecule has 2 rings (SSSR count). The van der Waals surface area contributed by atoms with Crippen LogP contribution in [0.25, 0.3) is 0 Å². The van der Waals surface area contributed by atoms with Crippen LogP contribution < -0.4 is 0 Å². The van der Waals surface area contributed by atoms with Crippen LogP contribution >= 0.6 is 43.2 Å². The summed E-state index contributed by atoms with van der Waals surface area (Å²) in [6.07, 6.45) is 0. The van der Waals surface area contributed by atoms with E-state index >= 15 is 0 Å². The number of rotatable bonds is 2. The Kier molecular flexibility index (Phi) is 3.77. The van der Waals surface area contributed by atoms with Crippen LogP contribution in [0.3, 0.4) is 0 Å². The zero-order valence-corrected chi connectivity index (χ0v) is 11.9. The molecule has 0 N–H and O–H groups in total. The zero-order valence-electron chi connectivity index (χ0n) is 7.88. The molecule has 16 heavy (non-hydrogen) atoms. The molecule has 0 spiro atoms. The lowest BCUT2D eigenvalue weighted by molar-refractivity contribution is 0.583. The molecule has 0 nitrogen and oxygen atoms in total. The summed E-state index contributed by atoms with van der Waals surface area (Å²) in [6.45, 7) is 0. The van der Waals surface area contributed by atoms with Gasteiger partial charge in [0.15, 0.2) is 0 Å². The second-order valence-electron chi connectivity index (χ2n) is 3.17. The van der Waals surface area contributed by atoms with Crippen LogP contribution in [-0.4, -0.2) is 0 Å². The SMILES string of the molecule is Fc1cc(C(Br)c2cccs2)c(F)cc1Br. The van der Waals surface area contributed by atoms with Gasteiger partial charge in [0.25, 0.3) is 0 Å². The van der Waals surface area contributed by atoms with E-state index in [2.05, 4.69) is 31.9 Å². The van der Waals surface area contributed by atoms with Gasteiger partial charge in [0.2, 0.25) is 0 Å². The highest BCUT2D eigenvalue weighted by molar-refractivity contribution is 9.10. The van der Waals surface area contributed by atoms with Crippen molar-refractivity contribution < 1.29 is 8.78 Å². The lowest BCUT2D eigenvalue weighted by Crippen LogP contribution is -1.96. The molecule has 2 aromatic rings. The van der Waals surface area contributed by atoms with Gasteiger partial charge in [-0.15, -0.1) is 11.3 Å².